The van der Waals surface area contributed by atoms with E-state index in [2.05, 4.69) is 5.32 Å². The lowest BCUT2D eigenvalue weighted by Gasteiger charge is -2.32. The number of aliphatic hydroxyl groups excluding tert-OH is 1. The number of amides is 1. The molecule has 1 rings (SSSR count). The molecule has 2 N–H and O–H groups in total. The number of hydrogen-bond donors (Lipinski definition) is 2. The lowest BCUT2D eigenvalue weighted by molar-refractivity contribution is -0.198. The molecule has 3 unspecified atom stereocenters. The van der Waals surface area contributed by atoms with E-state index in [0.717, 1.165) is 0 Å². The van der Waals surface area contributed by atoms with Crippen LogP contribution in [0.15, 0.2) is 0 Å². The Morgan fingerprint density at radius 1 is 1.41 bits per heavy atom. The molecule has 0 heterocycles. The summed E-state index contributed by atoms with van der Waals surface area (Å²) in [5.74, 6) is -3.13. The number of hydrogen-bond acceptors (Lipinski definition) is 2. The maximum absolute atomic E-state index is 12.7. The molecule has 0 radical (unpaired) electrons. The molecule has 0 aliphatic heterocycles. The first kappa shape index (κ1) is 14.3. The summed E-state index contributed by atoms with van der Waals surface area (Å²) in [5.41, 5.74) is 0. The molecular weight excluding hydrogens is 235 g/mol. The first-order chi connectivity index (χ1) is 7.86. The van der Waals surface area contributed by atoms with Crippen molar-refractivity contribution in [2.45, 2.75) is 44.8 Å². The van der Waals surface area contributed by atoms with Crippen LogP contribution < -0.4 is 5.32 Å². The molecule has 1 saturated carbocycles. The number of rotatable bonds is 3. The SMILES string of the molecule is CC(CO)NC(=O)C1CCCCC1C(F)(F)F. The topological polar surface area (TPSA) is 49.3 Å². The van der Waals surface area contributed by atoms with Gasteiger partial charge in [-0.1, -0.05) is 12.8 Å². The highest BCUT2D eigenvalue weighted by molar-refractivity contribution is 5.79. The summed E-state index contributed by atoms with van der Waals surface area (Å²) in [7, 11) is 0. The highest BCUT2D eigenvalue weighted by Gasteiger charge is 2.48. The first-order valence-corrected chi connectivity index (χ1v) is 5.84. The van der Waals surface area contributed by atoms with Crippen molar-refractivity contribution in [2.24, 2.45) is 11.8 Å². The van der Waals surface area contributed by atoms with Gasteiger partial charge in [0.25, 0.3) is 0 Å². The fourth-order valence-electron chi connectivity index (χ4n) is 2.23. The van der Waals surface area contributed by atoms with E-state index in [0.29, 0.717) is 12.8 Å². The Balaban J connectivity index is 2.68. The molecule has 3 nitrogen and oxygen atoms in total. The van der Waals surface area contributed by atoms with Crippen LogP contribution >= 0.6 is 0 Å². The summed E-state index contributed by atoms with van der Waals surface area (Å²) in [4.78, 5) is 11.7. The highest BCUT2D eigenvalue weighted by Crippen LogP contribution is 2.41. The largest absolute Gasteiger partial charge is 0.394 e. The fourth-order valence-corrected chi connectivity index (χ4v) is 2.23. The zero-order chi connectivity index (χ0) is 13.1. The van der Waals surface area contributed by atoms with Gasteiger partial charge in [0.15, 0.2) is 0 Å². The molecule has 6 heteroatoms. The van der Waals surface area contributed by atoms with Gasteiger partial charge >= 0.3 is 6.18 Å². The lowest BCUT2D eigenvalue weighted by Crippen LogP contribution is -2.46. The van der Waals surface area contributed by atoms with Gasteiger partial charge in [-0.25, -0.2) is 0 Å². The summed E-state index contributed by atoms with van der Waals surface area (Å²) in [6.07, 6.45) is -2.85. The van der Waals surface area contributed by atoms with Crippen molar-refractivity contribution in [3.8, 4) is 0 Å². The number of aliphatic hydroxyl groups is 1. The second kappa shape index (κ2) is 5.71. The smallest absolute Gasteiger partial charge is 0.392 e. The average molecular weight is 253 g/mol. The molecule has 1 fully saturated rings. The minimum absolute atomic E-state index is 0.0229. The molecule has 1 aliphatic carbocycles. The average Bonchev–Trinajstić information content (AvgIpc) is 2.27. The Labute approximate surface area is 98.4 Å². The van der Waals surface area contributed by atoms with Crippen molar-refractivity contribution in [3.63, 3.8) is 0 Å². The zero-order valence-corrected chi connectivity index (χ0v) is 9.76. The Hall–Kier alpha value is -0.780. The molecule has 3 atom stereocenters. The highest BCUT2D eigenvalue weighted by atomic mass is 19.4. The quantitative estimate of drug-likeness (QED) is 0.806. The van der Waals surface area contributed by atoms with Crippen LogP contribution in [0.25, 0.3) is 0 Å². The Bertz CT molecular complexity index is 268. The van der Waals surface area contributed by atoms with Gasteiger partial charge in [0.2, 0.25) is 5.91 Å². The van der Waals surface area contributed by atoms with Crippen molar-refractivity contribution in [1.29, 1.82) is 0 Å². The molecule has 1 aliphatic rings. The molecule has 0 saturated heterocycles. The number of carbonyl (C=O) groups excluding carboxylic acids is 1. The van der Waals surface area contributed by atoms with Crippen molar-refractivity contribution in [3.05, 3.63) is 0 Å². The van der Waals surface area contributed by atoms with E-state index in [9.17, 15) is 18.0 Å². The molecule has 0 aromatic rings. The molecule has 100 valence electrons. The minimum atomic E-state index is -4.31. The predicted molar refractivity (Wildman–Crippen MR) is 56.2 cm³/mol. The van der Waals surface area contributed by atoms with Crippen molar-refractivity contribution < 1.29 is 23.1 Å². The van der Waals surface area contributed by atoms with E-state index in [4.69, 9.17) is 5.11 Å². The van der Waals surface area contributed by atoms with E-state index in [1.165, 1.54) is 0 Å². The Morgan fingerprint density at radius 3 is 2.53 bits per heavy atom. The molecular formula is C11H18F3NO2. The van der Waals surface area contributed by atoms with Crippen LogP contribution in [-0.4, -0.2) is 29.8 Å². The number of alkyl halides is 3. The monoisotopic (exact) mass is 253 g/mol. The van der Waals surface area contributed by atoms with Gasteiger partial charge in [-0.2, -0.15) is 13.2 Å². The van der Waals surface area contributed by atoms with Crippen LogP contribution in [0.4, 0.5) is 13.2 Å². The van der Waals surface area contributed by atoms with E-state index < -0.39 is 30.0 Å². The fraction of sp³-hybridized carbons (Fsp3) is 0.909. The number of halogens is 3. The summed E-state index contributed by atoms with van der Waals surface area (Å²) in [6.45, 7) is 1.29. The summed E-state index contributed by atoms with van der Waals surface area (Å²) >= 11 is 0. The van der Waals surface area contributed by atoms with Crippen molar-refractivity contribution in [1.82, 2.24) is 5.32 Å². The third kappa shape index (κ3) is 3.87. The zero-order valence-electron chi connectivity index (χ0n) is 9.76. The van der Waals surface area contributed by atoms with Crippen LogP contribution in [0, 0.1) is 11.8 Å². The summed E-state index contributed by atoms with van der Waals surface area (Å²) < 4.78 is 38.2. The lowest BCUT2D eigenvalue weighted by atomic mass is 9.78. The predicted octanol–water partition coefficient (Wildman–Crippen LogP) is 1.85. The number of carbonyl (C=O) groups is 1. The van der Waals surface area contributed by atoms with Crippen LogP contribution in [-0.2, 0) is 4.79 Å². The molecule has 0 aromatic heterocycles. The second-order valence-electron chi connectivity index (χ2n) is 4.63. The van der Waals surface area contributed by atoms with Gasteiger partial charge in [-0.05, 0) is 19.8 Å². The van der Waals surface area contributed by atoms with E-state index in [1.807, 2.05) is 0 Å². The third-order valence-corrected chi connectivity index (χ3v) is 3.19. The first-order valence-electron chi connectivity index (χ1n) is 5.84. The minimum Gasteiger partial charge on any atom is -0.394 e. The standard InChI is InChI=1S/C11H18F3NO2/c1-7(6-16)15-10(17)8-4-2-3-5-9(8)11(12,13)14/h7-9,16H,2-6H2,1H3,(H,15,17). The van der Waals surface area contributed by atoms with E-state index in [1.54, 1.807) is 6.92 Å². The summed E-state index contributed by atoms with van der Waals surface area (Å²) in [5, 5.41) is 11.2. The van der Waals surface area contributed by atoms with Gasteiger partial charge in [0.05, 0.1) is 12.5 Å². The van der Waals surface area contributed by atoms with E-state index in [-0.39, 0.29) is 19.4 Å². The normalized spacial score (nSPS) is 27.6. The maximum Gasteiger partial charge on any atom is 0.392 e. The molecule has 17 heavy (non-hydrogen) atoms. The van der Waals surface area contributed by atoms with Gasteiger partial charge in [-0.15, -0.1) is 0 Å². The van der Waals surface area contributed by atoms with Crippen molar-refractivity contribution >= 4 is 5.91 Å². The van der Waals surface area contributed by atoms with Gasteiger partial charge in [0, 0.05) is 12.0 Å². The van der Waals surface area contributed by atoms with E-state index >= 15 is 0 Å². The van der Waals surface area contributed by atoms with Crippen LogP contribution in [0.5, 0.6) is 0 Å². The summed E-state index contributed by atoms with van der Waals surface area (Å²) in [6, 6.07) is -0.502. The van der Waals surface area contributed by atoms with Gasteiger partial charge in [0.1, 0.15) is 0 Å². The van der Waals surface area contributed by atoms with Gasteiger partial charge < -0.3 is 10.4 Å². The van der Waals surface area contributed by atoms with Gasteiger partial charge in [-0.3, -0.25) is 4.79 Å². The number of nitrogens with one attached hydrogen (secondary N) is 1. The second-order valence-corrected chi connectivity index (χ2v) is 4.63. The molecule has 0 spiro atoms. The van der Waals surface area contributed by atoms with Crippen LogP contribution in [0.2, 0.25) is 0 Å². The molecule has 0 aromatic carbocycles. The van der Waals surface area contributed by atoms with Crippen LogP contribution in [0.3, 0.4) is 0 Å². The maximum atomic E-state index is 12.7. The Kier molecular flexibility index (Phi) is 4.80. The molecule has 0 bridgehead atoms. The third-order valence-electron chi connectivity index (χ3n) is 3.19. The molecule has 1 amide bonds. The van der Waals surface area contributed by atoms with Crippen molar-refractivity contribution in [2.75, 3.05) is 6.61 Å². The Morgan fingerprint density at radius 2 is 2.00 bits per heavy atom. The van der Waals surface area contributed by atoms with Crippen LogP contribution in [0.1, 0.15) is 32.6 Å².